The zero-order valence-electron chi connectivity index (χ0n) is 15.7. The fourth-order valence-corrected chi connectivity index (χ4v) is 3.30. The van der Waals surface area contributed by atoms with Crippen molar-refractivity contribution in [2.45, 2.75) is 25.1 Å². The maximum absolute atomic E-state index is 5.40. The molecule has 0 atom stereocenters. The first-order valence-electron chi connectivity index (χ1n) is 9.18. The third-order valence-corrected chi connectivity index (χ3v) is 4.83. The maximum atomic E-state index is 5.40. The van der Waals surface area contributed by atoms with Gasteiger partial charge in [-0.3, -0.25) is 0 Å². The van der Waals surface area contributed by atoms with Crippen LogP contribution in [0.25, 0.3) is 22.5 Å². The van der Waals surface area contributed by atoms with Gasteiger partial charge in [0.2, 0.25) is 0 Å². The Labute approximate surface area is 174 Å². The molecule has 0 spiro atoms. The van der Waals surface area contributed by atoms with Crippen LogP contribution < -0.4 is 0 Å². The smallest absolute Gasteiger partial charge is 0.180 e. The van der Waals surface area contributed by atoms with Gasteiger partial charge in [-0.15, -0.1) is 17.4 Å². The van der Waals surface area contributed by atoms with Gasteiger partial charge in [0.25, 0.3) is 0 Å². The van der Waals surface area contributed by atoms with E-state index in [9.17, 15) is 0 Å². The van der Waals surface area contributed by atoms with Crippen molar-refractivity contribution in [2.75, 3.05) is 0 Å². The van der Waals surface area contributed by atoms with Gasteiger partial charge >= 0.3 is 0 Å². The van der Waals surface area contributed by atoms with Crippen molar-refractivity contribution in [3.63, 3.8) is 0 Å². The number of nitrogens with one attached hydrogen (secondary N) is 1. The van der Waals surface area contributed by atoms with Crippen molar-refractivity contribution in [1.29, 1.82) is 0 Å². The summed E-state index contributed by atoms with van der Waals surface area (Å²) >= 11 is 4.28. The van der Waals surface area contributed by atoms with Gasteiger partial charge in [-0.25, -0.2) is 14.8 Å². The Morgan fingerprint density at radius 3 is 2.55 bits per heavy atom. The molecule has 2 heterocycles. The Bertz CT molecular complexity index is 1120. The predicted octanol–water partition coefficient (Wildman–Crippen LogP) is 3.17. The molecule has 0 aliphatic heterocycles. The van der Waals surface area contributed by atoms with Gasteiger partial charge in [0.05, 0.1) is 12.3 Å². The molecule has 4 rings (SSSR count). The largest absolute Gasteiger partial charge is 0.245 e. The van der Waals surface area contributed by atoms with Crippen LogP contribution in [0.3, 0.4) is 0 Å². The third kappa shape index (κ3) is 4.20. The van der Waals surface area contributed by atoms with Gasteiger partial charge in [-0.1, -0.05) is 48.5 Å². The number of nitrogens with zero attached hydrogens (tertiary/aromatic N) is 6. The van der Waals surface area contributed by atoms with E-state index in [1.807, 2.05) is 22.9 Å². The summed E-state index contributed by atoms with van der Waals surface area (Å²) < 4.78 is 1.91. The number of aromatic nitrogens is 7. The van der Waals surface area contributed by atoms with Gasteiger partial charge in [-0.2, -0.15) is 17.7 Å². The van der Waals surface area contributed by atoms with Crippen molar-refractivity contribution >= 4 is 12.6 Å². The normalized spacial score (nSPS) is 10.8. The Kier molecular flexibility index (Phi) is 5.68. The van der Waals surface area contributed by atoms with Crippen LogP contribution in [0, 0.1) is 12.3 Å². The van der Waals surface area contributed by atoms with Gasteiger partial charge < -0.3 is 0 Å². The molecule has 144 valence electrons. The lowest BCUT2D eigenvalue weighted by Gasteiger charge is -2.09. The number of terminal acetylenes is 1. The molecule has 2 aromatic heterocycles. The number of aryl methyl sites for hydroxylation is 1. The standard InChI is InChI=1S/C21H19N7S/c1-2-3-8-20-22-19(14-29)25-28(20)13-15-9-11-16(12-10-15)17-6-4-5-7-18(17)21-23-26-27-24-21/h1,4-7,9-12,29H,3,8,13-14H2,(H,23,24,26,27). The molecule has 1 N–H and O–H groups in total. The molecule has 0 fully saturated rings. The second kappa shape index (κ2) is 8.71. The highest BCUT2D eigenvalue weighted by molar-refractivity contribution is 7.79. The average Bonchev–Trinajstić information content (AvgIpc) is 3.43. The van der Waals surface area contributed by atoms with Gasteiger partial charge in [0.15, 0.2) is 11.6 Å². The molecule has 0 amide bonds. The van der Waals surface area contributed by atoms with Crippen LogP contribution in [0.4, 0.5) is 0 Å². The summed E-state index contributed by atoms with van der Waals surface area (Å²) in [7, 11) is 0. The molecule has 2 aromatic carbocycles. The highest BCUT2D eigenvalue weighted by atomic mass is 32.1. The number of hydrogen-bond donors (Lipinski definition) is 2. The molecule has 29 heavy (non-hydrogen) atoms. The van der Waals surface area contributed by atoms with Crippen LogP contribution in [-0.2, 0) is 18.7 Å². The average molecular weight is 401 g/mol. The van der Waals surface area contributed by atoms with E-state index in [4.69, 9.17) is 6.42 Å². The number of hydrogen-bond acceptors (Lipinski definition) is 6. The summed E-state index contributed by atoms with van der Waals surface area (Å²) in [4.78, 5) is 4.53. The Morgan fingerprint density at radius 1 is 1.07 bits per heavy atom. The van der Waals surface area contributed by atoms with Crippen LogP contribution in [-0.4, -0.2) is 35.4 Å². The molecule has 0 radical (unpaired) electrons. The van der Waals surface area contributed by atoms with Crippen molar-refractivity contribution in [3.8, 4) is 34.9 Å². The fraction of sp³-hybridized carbons (Fsp3) is 0.190. The molecule has 0 aliphatic rings. The van der Waals surface area contributed by atoms with E-state index < -0.39 is 0 Å². The van der Waals surface area contributed by atoms with Crippen molar-refractivity contribution in [3.05, 3.63) is 65.7 Å². The number of H-pyrrole nitrogens is 1. The number of tetrazole rings is 1. The van der Waals surface area contributed by atoms with E-state index >= 15 is 0 Å². The first-order chi connectivity index (χ1) is 14.3. The van der Waals surface area contributed by atoms with Crippen molar-refractivity contribution < 1.29 is 0 Å². The highest BCUT2D eigenvalue weighted by Crippen LogP contribution is 2.29. The second-order valence-electron chi connectivity index (χ2n) is 6.46. The minimum Gasteiger partial charge on any atom is -0.245 e. The Balaban J connectivity index is 1.59. The molecule has 8 heteroatoms. The highest BCUT2D eigenvalue weighted by Gasteiger charge is 2.12. The molecular formula is C21H19N7S. The van der Waals surface area contributed by atoms with Crippen molar-refractivity contribution in [1.82, 2.24) is 35.4 Å². The van der Waals surface area contributed by atoms with E-state index in [2.05, 4.69) is 79.6 Å². The molecule has 4 aromatic rings. The predicted molar refractivity (Wildman–Crippen MR) is 114 cm³/mol. The summed E-state index contributed by atoms with van der Waals surface area (Å²) in [6.07, 6.45) is 6.74. The van der Waals surface area contributed by atoms with Gasteiger partial charge in [-0.05, 0) is 27.1 Å². The quantitative estimate of drug-likeness (QED) is 0.367. The zero-order valence-corrected chi connectivity index (χ0v) is 16.5. The lowest BCUT2D eigenvalue weighted by Crippen LogP contribution is -2.07. The minimum atomic E-state index is 0.502. The first kappa shape index (κ1) is 18.9. The molecular weight excluding hydrogens is 382 g/mol. The summed E-state index contributed by atoms with van der Waals surface area (Å²) in [5.74, 6) is 5.41. The summed E-state index contributed by atoms with van der Waals surface area (Å²) in [5, 5.41) is 18.8. The van der Waals surface area contributed by atoms with Crippen LogP contribution in [0.15, 0.2) is 48.5 Å². The van der Waals surface area contributed by atoms with Crippen LogP contribution in [0.5, 0.6) is 0 Å². The second-order valence-corrected chi connectivity index (χ2v) is 6.77. The summed E-state index contributed by atoms with van der Waals surface area (Å²) in [5.41, 5.74) is 4.23. The molecule has 0 unspecified atom stereocenters. The number of thiol groups is 1. The van der Waals surface area contributed by atoms with E-state index in [1.54, 1.807) is 0 Å². The van der Waals surface area contributed by atoms with E-state index in [0.29, 0.717) is 36.8 Å². The lowest BCUT2D eigenvalue weighted by atomic mass is 9.98. The summed E-state index contributed by atoms with van der Waals surface area (Å²) in [6, 6.07) is 16.4. The molecule has 0 aliphatic carbocycles. The van der Waals surface area contributed by atoms with Crippen molar-refractivity contribution in [2.24, 2.45) is 0 Å². The minimum absolute atomic E-state index is 0.502. The Morgan fingerprint density at radius 2 is 1.86 bits per heavy atom. The summed E-state index contributed by atoms with van der Waals surface area (Å²) in [6.45, 7) is 0.634. The fourth-order valence-electron chi connectivity index (χ4n) is 3.17. The first-order valence-corrected chi connectivity index (χ1v) is 9.81. The van der Waals surface area contributed by atoms with Crippen LogP contribution >= 0.6 is 12.6 Å². The van der Waals surface area contributed by atoms with Gasteiger partial charge in [0, 0.05) is 18.4 Å². The zero-order chi connectivity index (χ0) is 20.1. The molecule has 0 saturated carbocycles. The maximum Gasteiger partial charge on any atom is 0.180 e. The molecule has 7 nitrogen and oxygen atoms in total. The number of aromatic amines is 1. The molecule has 0 saturated heterocycles. The van der Waals surface area contributed by atoms with E-state index in [0.717, 1.165) is 28.1 Å². The van der Waals surface area contributed by atoms with E-state index in [1.165, 1.54) is 0 Å². The molecule has 0 bridgehead atoms. The SMILES string of the molecule is C#CCCc1nc(CS)nn1Cc1ccc(-c2ccccc2-c2nnn[nH]2)cc1. The topological polar surface area (TPSA) is 85.2 Å². The van der Waals surface area contributed by atoms with Gasteiger partial charge in [0.1, 0.15) is 5.82 Å². The number of rotatable bonds is 7. The van der Waals surface area contributed by atoms with E-state index in [-0.39, 0.29) is 0 Å². The number of benzene rings is 2. The Hall–Kier alpha value is -3.44. The lowest BCUT2D eigenvalue weighted by molar-refractivity contribution is 0.633. The van der Waals surface area contributed by atoms with Crippen LogP contribution in [0.1, 0.15) is 23.6 Å². The third-order valence-electron chi connectivity index (χ3n) is 4.55. The van der Waals surface area contributed by atoms with Crippen LogP contribution in [0.2, 0.25) is 0 Å². The monoisotopic (exact) mass is 401 g/mol.